The van der Waals surface area contributed by atoms with E-state index in [9.17, 15) is 8.42 Å². The Balaban J connectivity index is 1.70. The summed E-state index contributed by atoms with van der Waals surface area (Å²) in [4.78, 5) is 0.262. The molecule has 24 heavy (non-hydrogen) atoms. The molecule has 0 fully saturated rings. The van der Waals surface area contributed by atoms with Gasteiger partial charge in [0.1, 0.15) is 16.4 Å². The number of benzene rings is 2. The number of nitrogens with one attached hydrogen (secondary N) is 1. The van der Waals surface area contributed by atoms with Crippen molar-refractivity contribution in [1.29, 1.82) is 0 Å². The van der Waals surface area contributed by atoms with Gasteiger partial charge in [0.2, 0.25) is 10.0 Å². The van der Waals surface area contributed by atoms with Crippen LogP contribution in [-0.4, -0.2) is 21.6 Å². The Kier molecular flexibility index (Phi) is 3.73. The van der Waals surface area contributed by atoms with Crippen molar-refractivity contribution in [3.8, 4) is 11.5 Å². The molecule has 126 valence electrons. The predicted octanol–water partition coefficient (Wildman–Crippen LogP) is 2.34. The molecule has 0 aromatic heterocycles. The molecule has 0 saturated heterocycles. The number of aryl methyl sites for hydroxylation is 1. The van der Waals surface area contributed by atoms with Gasteiger partial charge in [-0.3, -0.25) is 0 Å². The summed E-state index contributed by atoms with van der Waals surface area (Å²) in [6, 6.07) is 9.72. The van der Waals surface area contributed by atoms with E-state index in [0.29, 0.717) is 37.6 Å². The van der Waals surface area contributed by atoms with Crippen LogP contribution in [0.2, 0.25) is 0 Å². The van der Waals surface area contributed by atoms with Crippen molar-refractivity contribution in [2.75, 3.05) is 13.2 Å². The second-order valence-electron chi connectivity index (χ2n) is 6.18. The van der Waals surface area contributed by atoms with Crippen LogP contribution in [0.15, 0.2) is 35.2 Å². The molecule has 2 aliphatic rings. The zero-order valence-electron chi connectivity index (χ0n) is 13.5. The van der Waals surface area contributed by atoms with Gasteiger partial charge in [-0.2, -0.15) is 0 Å². The highest BCUT2D eigenvalue weighted by molar-refractivity contribution is 7.89. The minimum Gasteiger partial charge on any atom is -0.493 e. The van der Waals surface area contributed by atoms with E-state index in [-0.39, 0.29) is 11.4 Å². The maximum Gasteiger partial charge on any atom is 0.244 e. The lowest BCUT2D eigenvalue weighted by molar-refractivity contribution is 0.347. The molecule has 5 nitrogen and oxygen atoms in total. The Labute approximate surface area is 141 Å². The highest BCUT2D eigenvalue weighted by atomic mass is 32.2. The van der Waals surface area contributed by atoms with Gasteiger partial charge in [-0.1, -0.05) is 29.8 Å². The number of fused-ring (bicyclic) bond motifs is 2. The van der Waals surface area contributed by atoms with Gasteiger partial charge in [-0.05, 0) is 18.6 Å². The fourth-order valence-electron chi connectivity index (χ4n) is 3.30. The summed E-state index contributed by atoms with van der Waals surface area (Å²) >= 11 is 0. The zero-order valence-corrected chi connectivity index (χ0v) is 14.3. The summed E-state index contributed by atoms with van der Waals surface area (Å²) in [7, 11) is -3.68. The van der Waals surface area contributed by atoms with Gasteiger partial charge in [0.25, 0.3) is 0 Å². The highest BCUT2D eigenvalue weighted by Crippen LogP contribution is 2.43. The molecule has 0 bridgehead atoms. The molecule has 2 aromatic rings. The van der Waals surface area contributed by atoms with E-state index in [2.05, 4.69) is 4.72 Å². The summed E-state index contributed by atoms with van der Waals surface area (Å²) in [6.45, 7) is 3.26. The summed E-state index contributed by atoms with van der Waals surface area (Å²) in [5.41, 5.74) is 3.67. The fourth-order valence-corrected chi connectivity index (χ4v) is 4.76. The number of rotatable bonds is 4. The van der Waals surface area contributed by atoms with E-state index >= 15 is 0 Å². The lowest BCUT2D eigenvalue weighted by Crippen LogP contribution is -2.25. The number of ether oxygens (including phenoxy) is 2. The van der Waals surface area contributed by atoms with Crippen LogP contribution in [0.3, 0.4) is 0 Å². The number of hydrogen-bond acceptors (Lipinski definition) is 4. The Morgan fingerprint density at radius 3 is 2.79 bits per heavy atom. The molecule has 6 heteroatoms. The molecule has 2 aromatic carbocycles. The molecule has 0 saturated carbocycles. The van der Waals surface area contributed by atoms with Crippen LogP contribution in [0.1, 0.15) is 22.3 Å². The third-order valence-corrected chi connectivity index (χ3v) is 5.91. The van der Waals surface area contributed by atoms with Crippen molar-refractivity contribution >= 4 is 10.0 Å². The van der Waals surface area contributed by atoms with E-state index < -0.39 is 10.0 Å². The molecule has 0 radical (unpaired) electrons. The zero-order chi connectivity index (χ0) is 16.7. The van der Waals surface area contributed by atoms with Crippen LogP contribution in [-0.2, 0) is 29.4 Å². The Morgan fingerprint density at radius 1 is 1.12 bits per heavy atom. The first-order valence-corrected chi connectivity index (χ1v) is 9.52. The first-order chi connectivity index (χ1) is 11.5. The van der Waals surface area contributed by atoms with Crippen LogP contribution < -0.4 is 14.2 Å². The average molecular weight is 345 g/mol. The maximum absolute atomic E-state index is 13.0. The molecule has 2 aliphatic heterocycles. The minimum atomic E-state index is -3.68. The van der Waals surface area contributed by atoms with Crippen molar-refractivity contribution in [3.63, 3.8) is 0 Å². The lowest BCUT2D eigenvalue weighted by Gasteiger charge is -2.14. The summed E-state index contributed by atoms with van der Waals surface area (Å²) in [5.74, 6) is 1.17. The second kappa shape index (κ2) is 5.79. The van der Waals surface area contributed by atoms with Gasteiger partial charge in [-0.15, -0.1) is 0 Å². The van der Waals surface area contributed by atoms with Crippen LogP contribution in [0.25, 0.3) is 0 Å². The molecule has 0 spiro atoms. The summed E-state index contributed by atoms with van der Waals surface area (Å²) in [5, 5.41) is 0. The number of hydrogen-bond donors (Lipinski definition) is 1. The average Bonchev–Trinajstić information content (AvgIpc) is 3.18. The molecular weight excluding hydrogens is 326 g/mol. The van der Waals surface area contributed by atoms with Gasteiger partial charge >= 0.3 is 0 Å². The van der Waals surface area contributed by atoms with Crippen LogP contribution in [0, 0.1) is 6.92 Å². The van der Waals surface area contributed by atoms with Gasteiger partial charge in [0.15, 0.2) is 0 Å². The third kappa shape index (κ3) is 2.65. The molecule has 2 heterocycles. The smallest absolute Gasteiger partial charge is 0.244 e. The predicted molar refractivity (Wildman–Crippen MR) is 90.0 cm³/mol. The maximum atomic E-state index is 13.0. The molecule has 0 aliphatic carbocycles. The first kappa shape index (κ1) is 15.5. The van der Waals surface area contributed by atoms with Crippen LogP contribution >= 0.6 is 0 Å². The Morgan fingerprint density at radius 2 is 1.96 bits per heavy atom. The minimum absolute atomic E-state index is 0.253. The van der Waals surface area contributed by atoms with E-state index in [0.717, 1.165) is 22.3 Å². The normalized spacial score (nSPS) is 15.5. The van der Waals surface area contributed by atoms with Crippen molar-refractivity contribution in [3.05, 3.63) is 52.6 Å². The Bertz CT molecular complexity index is 873. The van der Waals surface area contributed by atoms with Crippen LogP contribution in [0.5, 0.6) is 11.5 Å². The van der Waals surface area contributed by atoms with Gasteiger partial charge in [0.05, 0.1) is 13.2 Å². The molecule has 0 amide bonds. The molecule has 4 rings (SSSR count). The first-order valence-electron chi connectivity index (χ1n) is 8.04. The fraction of sp³-hybridized carbons (Fsp3) is 0.333. The number of sulfonamides is 1. The van der Waals surface area contributed by atoms with Crippen molar-refractivity contribution in [2.24, 2.45) is 0 Å². The standard InChI is InChI=1S/C18H19NO4S/c1-12-3-2-4-13(9-12)11-19-24(20,21)18-15-6-8-22-16(15)10-14-5-7-23-17(14)18/h2-4,9-10,19H,5-8,11H2,1H3. The third-order valence-electron chi connectivity index (χ3n) is 4.42. The SMILES string of the molecule is Cc1cccc(CNS(=O)(=O)c2c3c(cc4c2OCC4)OCC3)c1. The summed E-state index contributed by atoms with van der Waals surface area (Å²) in [6.07, 6.45) is 1.30. The van der Waals surface area contributed by atoms with Gasteiger partial charge in [0, 0.05) is 30.5 Å². The summed E-state index contributed by atoms with van der Waals surface area (Å²) < 4.78 is 39.9. The Hall–Kier alpha value is -2.05. The molecular formula is C18H19NO4S. The monoisotopic (exact) mass is 345 g/mol. The van der Waals surface area contributed by atoms with Crippen molar-refractivity contribution in [1.82, 2.24) is 4.72 Å². The van der Waals surface area contributed by atoms with E-state index in [1.807, 2.05) is 37.3 Å². The van der Waals surface area contributed by atoms with Crippen molar-refractivity contribution in [2.45, 2.75) is 31.2 Å². The topological polar surface area (TPSA) is 64.6 Å². The largest absolute Gasteiger partial charge is 0.493 e. The molecule has 0 unspecified atom stereocenters. The van der Waals surface area contributed by atoms with E-state index in [1.165, 1.54) is 0 Å². The quantitative estimate of drug-likeness (QED) is 0.924. The van der Waals surface area contributed by atoms with Crippen molar-refractivity contribution < 1.29 is 17.9 Å². The van der Waals surface area contributed by atoms with Crippen LogP contribution in [0.4, 0.5) is 0 Å². The lowest BCUT2D eigenvalue weighted by atomic mass is 10.1. The van der Waals surface area contributed by atoms with E-state index in [1.54, 1.807) is 0 Å². The van der Waals surface area contributed by atoms with E-state index in [4.69, 9.17) is 9.47 Å². The van der Waals surface area contributed by atoms with Gasteiger partial charge < -0.3 is 9.47 Å². The highest BCUT2D eigenvalue weighted by Gasteiger charge is 2.33. The van der Waals surface area contributed by atoms with Gasteiger partial charge in [-0.25, -0.2) is 13.1 Å². The molecule has 1 N–H and O–H groups in total. The second-order valence-corrected chi connectivity index (χ2v) is 7.88. The molecule has 0 atom stereocenters.